The van der Waals surface area contributed by atoms with Crippen LogP contribution in [0.2, 0.25) is 0 Å². The van der Waals surface area contributed by atoms with Gasteiger partial charge in [-0.3, -0.25) is 4.79 Å². The summed E-state index contributed by atoms with van der Waals surface area (Å²) in [6, 6.07) is 8.32. The molecule has 3 heteroatoms. The molecule has 3 rings (SSSR count). The molecule has 0 aliphatic carbocycles. The number of hydrogen-bond donors (Lipinski definition) is 1. The number of nitrogens with one attached hydrogen (secondary N) is 1. The lowest BCUT2D eigenvalue weighted by molar-refractivity contribution is -0.119. The van der Waals surface area contributed by atoms with E-state index < -0.39 is 0 Å². The van der Waals surface area contributed by atoms with E-state index in [1.54, 1.807) is 0 Å². The van der Waals surface area contributed by atoms with E-state index in [2.05, 4.69) is 43.4 Å². The molecule has 0 radical (unpaired) electrons. The normalized spacial score (nSPS) is 19.7. The van der Waals surface area contributed by atoms with Crippen LogP contribution >= 0.6 is 0 Å². The van der Waals surface area contributed by atoms with Crippen molar-refractivity contribution < 1.29 is 9.21 Å². The van der Waals surface area contributed by atoms with Crippen LogP contribution in [-0.2, 0) is 4.79 Å². The Labute approximate surface area is 106 Å². The zero-order chi connectivity index (χ0) is 12.7. The van der Waals surface area contributed by atoms with Crippen molar-refractivity contribution in [3.05, 3.63) is 35.6 Å². The molecule has 1 aromatic carbocycles. The molecule has 2 heterocycles. The van der Waals surface area contributed by atoms with Crippen molar-refractivity contribution in [3.8, 4) is 0 Å². The number of rotatable bonds is 2. The third-order valence-corrected chi connectivity index (χ3v) is 3.60. The molecule has 1 N–H and O–H groups in total. The highest BCUT2D eigenvalue weighted by atomic mass is 16.3. The van der Waals surface area contributed by atoms with Crippen LogP contribution in [0.3, 0.4) is 0 Å². The van der Waals surface area contributed by atoms with Gasteiger partial charge in [0.15, 0.2) is 0 Å². The quantitative estimate of drug-likeness (QED) is 0.880. The van der Waals surface area contributed by atoms with Crippen molar-refractivity contribution >= 4 is 16.9 Å². The molecule has 1 aliphatic rings. The van der Waals surface area contributed by atoms with E-state index in [1.165, 1.54) is 5.56 Å². The molecule has 1 atom stereocenters. The number of furan rings is 1. The number of hydrogen-bond acceptors (Lipinski definition) is 2. The van der Waals surface area contributed by atoms with Crippen LogP contribution in [0.15, 0.2) is 28.7 Å². The van der Waals surface area contributed by atoms with Crippen molar-refractivity contribution in [2.45, 2.75) is 32.1 Å². The predicted molar refractivity (Wildman–Crippen MR) is 70.7 cm³/mol. The minimum absolute atomic E-state index is 0.115. The molecule has 1 saturated heterocycles. The first-order valence-corrected chi connectivity index (χ1v) is 6.44. The maximum atomic E-state index is 11.3. The summed E-state index contributed by atoms with van der Waals surface area (Å²) in [5.41, 5.74) is 2.21. The monoisotopic (exact) mass is 243 g/mol. The first-order valence-electron chi connectivity index (χ1n) is 6.44. The second-order valence-corrected chi connectivity index (χ2v) is 5.27. The van der Waals surface area contributed by atoms with Crippen molar-refractivity contribution in [1.82, 2.24) is 5.32 Å². The maximum Gasteiger partial charge on any atom is 0.220 e. The van der Waals surface area contributed by atoms with Crippen LogP contribution in [0.4, 0.5) is 0 Å². The largest absolute Gasteiger partial charge is 0.460 e. The van der Waals surface area contributed by atoms with Crippen LogP contribution in [-0.4, -0.2) is 12.5 Å². The molecular weight excluding hydrogens is 226 g/mol. The fourth-order valence-electron chi connectivity index (χ4n) is 2.57. The predicted octanol–water partition coefficient (Wildman–Crippen LogP) is 3.16. The Morgan fingerprint density at radius 1 is 1.39 bits per heavy atom. The van der Waals surface area contributed by atoms with Gasteiger partial charge in [-0.25, -0.2) is 0 Å². The highest BCUT2D eigenvalue weighted by molar-refractivity contribution is 5.83. The Hall–Kier alpha value is -1.77. The van der Waals surface area contributed by atoms with E-state index >= 15 is 0 Å². The van der Waals surface area contributed by atoms with Gasteiger partial charge >= 0.3 is 0 Å². The number of carbonyl (C=O) groups excluding carboxylic acids is 1. The standard InChI is InChI=1S/C15H17NO2/c1-9(2)12-5-3-4-10-6-13(18-15(10)12)11-7-14(17)16-8-11/h3-6,9,11H,7-8H2,1-2H3,(H,16,17). The highest BCUT2D eigenvalue weighted by Gasteiger charge is 2.26. The van der Waals surface area contributed by atoms with Crippen LogP contribution in [0.1, 0.15) is 43.4 Å². The Kier molecular flexibility index (Phi) is 2.62. The molecule has 0 saturated carbocycles. The van der Waals surface area contributed by atoms with E-state index in [4.69, 9.17) is 4.42 Å². The molecule has 0 spiro atoms. The average molecular weight is 243 g/mol. The molecular formula is C15H17NO2. The zero-order valence-corrected chi connectivity index (χ0v) is 10.7. The Morgan fingerprint density at radius 2 is 2.22 bits per heavy atom. The summed E-state index contributed by atoms with van der Waals surface area (Å²) in [7, 11) is 0. The van der Waals surface area contributed by atoms with Gasteiger partial charge in [0.05, 0.1) is 0 Å². The molecule has 0 bridgehead atoms. The number of fused-ring (bicyclic) bond motifs is 1. The SMILES string of the molecule is CC(C)c1cccc2cc(C3CNC(=O)C3)oc12. The van der Waals surface area contributed by atoms with Gasteiger partial charge in [0.1, 0.15) is 11.3 Å². The average Bonchev–Trinajstić information content (AvgIpc) is 2.93. The molecule has 1 amide bonds. The van der Waals surface area contributed by atoms with E-state index in [1.807, 2.05) is 0 Å². The number of para-hydroxylation sites is 1. The number of amides is 1. The maximum absolute atomic E-state index is 11.3. The first-order chi connectivity index (χ1) is 8.65. The fourth-order valence-corrected chi connectivity index (χ4v) is 2.57. The summed E-state index contributed by atoms with van der Waals surface area (Å²) in [6.45, 7) is 5.02. The Balaban J connectivity index is 2.05. The van der Waals surface area contributed by atoms with E-state index in [0.29, 0.717) is 18.9 Å². The fraction of sp³-hybridized carbons (Fsp3) is 0.400. The van der Waals surface area contributed by atoms with Crippen LogP contribution in [0.5, 0.6) is 0 Å². The van der Waals surface area contributed by atoms with E-state index in [0.717, 1.165) is 16.7 Å². The van der Waals surface area contributed by atoms with Gasteiger partial charge in [-0.1, -0.05) is 32.0 Å². The minimum Gasteiger partial charge on any atom is -0.460 e. The van der Waals surface area contributed by atoms with Gasteiger partial charge in [-0.15, -0.1) is 0 Å². The van der Waals surface area contributed by atoms with Gasteiger partial charge in [-0.2, -0.15) is 0 Å². The number of carbonyl (C=O) groups is 1. The number of benzene rings is 1. The third kappa shape index (κ3) is 1.80. The van der Waals surface area contributed by atoms with Gasteiger partial charge in [-0.05, 0) is 17.5 Å². The molecule has 1 aliphatic heterocycles. The van der Waals surface area contributed by atoms with Gasteiger partial charge in [0.2, 0.25) is 5.91 Å². The van der Waals surface area contributed by atoms with Crippen LogP contribution in [0, 0.1) is 0 Å². The minimum atomic E-state index is 0.115. The van der Waals surface area contributed by atoms with Crippen molar-refractivity contribution in [2.24, 2.45) is 0 Å². The summed E-state index contributed by atoms with van der Waals surface area (Å²) >= 11 is 0. The molecule has 94 valence electrons. The first kappa shape index (κ1) is 11.3. The molecule has 3 nitrogen and oxygen atoms in total. The van der Waals surface area contributed by atoms with Crippen molar-refractivity contribution in [2.75, 3.05) is 6.54 Å². The van der Waals surface area contributed by atoms with Gasteiger partial charge in [0.25, 0.3) is 0 Å². The van der Waals surface area contributed by atoms with Crippen LogP contribution < -0.4 is 5.32 Å². The van der Waals surface area contributed by atoms with Gasteiger partial charge < -0.3 is 9.73 Å². The molecule has 1 aromatic heterocycles. The summed E-state index contributed by atoms with van der Waals surface area (Å²) in [6.07, 6.45) is 0.539. The molecule has 18 heavy (non-hydrogen) atoms. The second kappa shape index (κ2) is 4.16. The van der Waals surface area contributed by atoms with Crippen molar-refractivity contribution in [1.29, 1.82) is 0 Å². The van der Waals surface area contributed by atoms with E-state index in [-0.39, 0.29) is 11.8 Å². The van der Waals surface area contributed by atoms with Crippen LogP contribution in [0.25, 0.3) is 11.0 Å². The molecule has 1 unspecified atom stereocenters. The van der Waals surface area contributed by atoms with Gasteiger partial charge in [0, 0.05) is 24.3 Å². The van der Waals surface area contributed by atoms with Crippen molar-refractivity contribution in [3.63, 3.8) is 0 Å². The highest BCUT2D eigenvalue weighted by Crippen LogP contribution is 2.33. The Bertz CT molecular complexity index is 598. The summed E-state index contributed by atoms with van der Waals surface area (Å²) in [5.74, 6) is 1.67. The lowest BCUT2D eigenvalue weighted by Crippen LogP contribution is -2.13. The lowest BCUT2D eigenvalue weighted by atomic mass is 10.0. The summed E-state index contributed by atoms with van der Waals surface area (Å²) in [5, 5.41) is 3.99. The molecule has 1 fully saturated rings. The summed E-state index contributed by atoms with van der Waals surface area (Å²) < 4.78 is 6.00. The smallest absolute Gasteiger partial charge is 0.220 e. The lowest BCUT2D eigenvalue weighted by Gasteiger charge is -2.05. The third-order valence-electron chi connectivity index (χ3n) is 3.60. The Morgan fingerprint density at radius 3 is 2.89 bits per heavy atom. The summed E-state index contributed by atoms with van der Waals surface area (Å²) in [4.78, 5) is 11.3. The topological polar surface area (TPSA) is 42.2 Å². The molecule has 2 aromatic rings. The second-order valence-electron chi connectivity index (χ2n) is 5.27. The van der Waals surface area contributed by atoms with E-state index in [9.17, 15) is 4.79 Å². The zero-order valence-electron chi connectivity index (χ0n) is 10.7.